The smallest absolute Gasteiger partial charge is 0.317 e. The van der Waals surface area contributed by atoms with Crippen LogP contribution in [0.1, 0.15) is 38.5 Å². The molecular weight excluding hydrogens is 308 g/mol. The van der Waals surface area contributed by atoms with E-state index in [-0.39, 0.29) is 25.0 Å². The lowest BCUT2D eigenvalue weighted by molar-refractivity contribution is -0.403. The van der Waals surface area contributed by atoms with Crippen molar-refractivity contribution in [3.05, 3.63) is 48.6 Å². The molecule has 0 bridgehead atoms. The molecule has 0 spiro atoms. The van der Waals surface area contributed by atoms with Gasteiger partial charge in [0, 0.05) is 12.1 Å². The van der Waals surface area contributed by atoms with E-state index in [9.17, 15) is 4.79 Å². The summed E-state index contributed by atoms with van der Waals surface area (Å²) in [5, 5.41) is 0. The minimum atomic E-state index is -0.430. The molecule has 0 unspecified atom stereocenters. The number of likely N-dealkylation sites (N-methyl/N-ethyl adjacent to an activating group) is 1. The Bertz CT molecular complexity index is 517. The van der Waals surface area contributed by atoms with E-state index < -0.39 is 6.29 Å². The topological polar surface area (TPSA) is 60.0 Å². The second kappa shape index (κ2) is 9.42. The van der Waals surface area contributed by atoms with Gasteiger partial charge in [0.2, 0.25) is 0 Å². The van der Waals surface area contributed by atoms with Crippen molar-refractivity contribution in [1.29, 1.82) is 0 Å². The number of hydrogen-bond donors (Lipinski definition) is 1. The summed E-state index contributed by atoms with van der Waals surface area (Å²) in [7, 11) is 0. The first kappa shape index (κ1) is 18.4. The minimum Gasteiger partial charge on any atom is -0.317 e. The van der Waals surface area contributed by atoms with Gasteiger partial charge in [0.15, 0.2) is 12.6 Å². The zero-order valence-corrected chi connectivity index (χ0v) is 14.3. The van der Waals surface area contributed by atoms with E-state index in [1.54, 1.807) is 11.0 Å². The molecule has 6 nitrogen and oxygen atoms in total. The summed E-state index contributed by atoms with van der Waals surface area (Å²) >= 11 is 0. The lowest BCUT2D eigenvalue weighted by atomic mass is 10.1. The number of benzene rings is 1. The molecule has 1 heterocycles. The van der Waals surface area contributed by atoms with Gasteiger partial charge in [0.05, 0.1) is 12.6 Å². The fourth-order valence-corrected chi connectivity index (χ4v) is 2.69. The Kier molecular flexibility index (Phi) is 7.24. The molecule has 132 valence electrons. The molecule has 6 heteroatoms. The van der Waals surface area contributed by atoms with Crippen LogP contribution < -0.4 is 5.48 Å². The standard InChI is InChI=1S/C18H26N2O4/c1-4-10-15(20(6-3)18(21)19-22-13-5-2)17-23-16(24-17)14-11-8-7-9-12-14/h5,7-9,11-12,15-17H,2,4,6,10,13H2,1,3H3,(H,19,21)/t15-,16?,17?/m0/s1. The second-order valence-electron chi connectivity index (χ2n) is 5.53. The van der Waals surface area contributed by atoms with E-state index in [2.05, 4.69) is 19.0 Å². The van der Waals surface area contributed by atoms with E-state index >= 15 is 0 Å². The van der Waals surface area contributed by atoms with Crippen molar-refractivity contribution in [3.8, 4) is 0 Å². The molecule has 0 aliphatic carbocycles. The average molecular weight is 334 g/mol. The van der Waals surface area contributed by atoms with Gasteiger partial charge in [-0.15, -0.1) is 6.58 Å². The predicted molar refractivity (Wildman–Crippen MR) is 90.9 cm³/mol. The summed E-state index contributed by atoms with van der Waals surface area (Å²) in [4.78, 5) is 19.0. The molecule has 1 aromatic rings. The van der Waals surface area contributed by atoms with Gasteiger partial charge >= 0.3 is 6.03 Å². The van der Waals surface area contributed by atoms with E-state index in [4.69, 9.17) is 14.3 Å². The van der Waals surface area contributed by atoms with Crippen LogP contribution in [0.25, 0.3) is 0 Å². The van der Waals surface area contributed by atoms with Gasteiger partial charge in [0.1, 0.15) is 0 Å². The fraction of sp³-hybridized carbons (Fsp3) is 0.500. The predicted octanol–water partition coefficient (Wildman–Crippen LogP) is 3.38. The van der Waals surface area contributed by atoms with Gasteiger partial charge in [-0.3, -0.25) is 4.84 Å². The number of ether oxygens (including phenoxy) is 2. The highest BCUT2D eigenvalue weighted by molar-refractivity contribution is 5.73. The summed E-state index contributed by atoms with van der Waals surface area (Å²) < 4.78 is 11.8. The quantitative estimate of drug-likeness (QED) is 0.427. The number of carbonyl (C=O) groups is 1. The van der Waals surface area contributed by atoms with Gasteiger partial charge in [-0.2, -0.15) is 0 Å². The number of carbonyl (C=O) groups excluding carboxylic acids is 1. The van der Waals surface area contributed by atoms with Crippen molar-refractivity contribution in [1.82, 2.24) is 10.4 Å². The molecule has 0 saturated carbocycles. The van der Waals surface area contributed by atoms with E-state index in [0.29, 0.717) is 6.54 Å². The zero-order valence-electron chi connectivity index (χ0n) is 14.3. The highest BCUT2D eigenvalue weighted by Crippen LogP contribution is 2.35. The molecule has 24 heavy (non-hydrogen) atoms. The first-order valence-corrected chi connectivity index (χ1v) is 8.36. The van der Waals surface area contributed by atoms with Gasteiger partial charge in [-0.25, -0.2) is 10.3 Å². The van der Waals surface area contributed by atoms with Crippen LogP contribution in [0.3, 0.4) is 0 Å². The number of urea groups is 1. The van der Waals surface area contributed by atoms with Crippen LogP contribution >= 0.6 is 0 Å². The van der Waals surface area contributed by atoms with E-state index in [0.717, 1.165) is 18.4 Å². The molecule has 1 atom stereocenters. The first-order valence-electron chi connectivity index (χ1n) is 8.36. The molecule has 1 N–H and O–H groups in total. The van der Waals surface area contributed by atoms with Gasteiger partial charge in [0.25, 0.3) is 0 Å². The third-order valence-corrected chi connectivity index (χ3v) is 3.85. The second-order valence-corrected chi connectivity index (χ2v) is 5.53. The Labute approximate surface area is 143 Å². The first-order chi connectivity index (χ1) is 11.7. The fourth-order valence-electron chi connectivity index (χ4n) is 2.69. The number of nitrogens with zero attached hydrogens (tertiary/aromatic N) is 1. The van der Waals surface area contributed by atoms with E-state index in [1.807, 2.05) is 37.3 Å². The maximum atomic E-state index is 12.3. The third kappa shape index (κ3) is 4.56. The normalized spacial score (nSPS) is 20.8. The van der Waals surface area contributed by atoms with Crippen molar-refractivity contribution >= 4 is 6.03 Å². The highest BCUT2D eigenvalue weighted by Gasteiger charge is 2.41. The zero-order chi connectivity index (χ0) is 17.4. The molecular formula is C18H26N2O4. The average Bonchev–Trinajstić information content (AvgIpc) is 2.55. The van der Waals surface area contributed by atoms with Crippen LogP contribution in [-0.2, 0) is 14.3 Å². The number of nitrogens with one attached hydrogen (secondary N) is 1. The molecule has 1 aromatic carbocycles. The summed E-state index contributed by atoms with van der Waals surface area (Å²) in [5.41, 5.74) is 3.40. The molecule has 2 amide bonds. The summed E-state index contributed by atoms with van der Waals surface area (Å²) in [6.45, 7) is 8.33. The van der Waals surface area contributed by atoms with Gasteiger partial charge in [-0.05, 0) is 13.3 Å². The largest absolute Gasteiger partial charge is 0.341 e. The Morgan fingerprint density at radius 2 is 2.08 bits per heavy atom. The molecule has 0 aromatic heterocycles. The molecule has 0 radical (unpaired) electrons. The molecule has 1 saturated heterocycles. The van der Waals surface area contributed by atoms with Crippen LogP contribution in [0.15, 0.2) is 43.0 Å². The van der Waals surface area contributed by atoms with Crippen molar-refractivity contribution < 1.29 is 19.1 Å². The van der Waals surface area contributed by atoms with Crippen LogP contribution in [0.2, 0.25) is 0 Å². The van der Waals surface area contributed by atoms with Crippen LogP contribution in [-0.4, -0.2) is 36.4 Å². The monoisotopic (exact) mass is 334 g/mol. The van der Waals surface area contributed by atoms with Crippen LogP contribution in [0.5, 0.6) is 0 Å². The Morgan fingerprint density at radius 3 is 2.67 bits per heavy atom. The molecule has 1 fully saturated rings. The lowest BCUT2D eigenvalue weighted by Crippen LogP contribution is -2.56. The number of hydroxylamine groups is 1. The molecule has 1 aliphatic rings. The summed E-state index contributed by atoms with van der Waals surface area (Å²) in [6.07, 6.45) is 2.48. The maximum Gasteiger partial charge on any atom is 0.341 e. The van der Waals surface area contributed by atoms with Crippen molar-refractivity contribution in [3.63, 3.8) is 0 Å². The van der Waals surface area contributed by atoms with Crippen molar-refractivity contribution in [2.45, 2.75) is 45.3 Å². The van der Waals surface area contributed by atoms with Gasteiger partial charge in [-0.1, -0.05) is 49.8 Å². The lowest BCUT2D eigenvalue weighted by Gasteiger charge is -2.44. The van der Waals surface area contributed by atoms with Gasteiger partial charge < -0.3 is 14.4 Å². The minimum absolute atomic E-state index is 0.160. The summed E-state index contributed by atoms with van der Waals surface area (Å²) in [6, 6.07) is 9.31. The Hall–Kier alpha value is -1.89. The number of hydrogen-bond acceptors (Lipinski definition) is 4. The third-order valence-electron chi connectivity index (χ3n) is 3.85. The maximum absolute atomic E-state index is 12.3. The van der Waals surface area contributed by atoms with Crippen LogP contribution in [0, 0.1) is 0 Å². The Morgan fingerprint density at radius 1 is 1.38 bits per heavy atom. The molecule has 1 aliphatic heterocycles. The van der Waals surface area contributed by atoms with E-state index in [1.165, 1.54) is 0 Å². The number of amides is 2. The van der Waals surface area contributed by atoms with Crippen molar-refractivity contribution in [2.75, 3.05) is 13.2 Å². The molecule has 2 rings (SSSR count). The van der Waals surface area contributed by atoms with Crippen LogP contribution in [0.4, 0.5) is 4.79 Å². The Balaban J connectivity index is 1.95. The highest BCUT2D eigenvalue weighted by atomic mass is 16.9. The summed E-state index contributed by atoms with van der Waals surface area (Å²) in [5.74, 6) is 0. The SMILES string of the molecule is C=CCONC(=O)N(CC)[C@@H](CCC)C1OC(c2ccccc2)O1. The number of rotatable bonds is 9. The van der Waals surface area contributed by atoms with Crippen molar-refractivity contribution in [2.24, 2.45) is 0 Å².